The molecule has 0 aliphatic carbocycles. The molecule has 1 aromatic heterocycles. The maximum absolute atomic E-state index is 13.8. The monoisotopic (exact) mass is 592 g/mol. The Labute approximate surface area is 232 Å². The lowest BCUT2D eigenvalue weighted by atomic mass is 10.0. The van der Waals surface area contributed by atoms with Gasteiger partial charge in [0.25, 0.3) is 10.0 Å². The van der Waals surface area contributed by atoms with Gasteiger partial charge in [0, 0.05) is 28.2 Å². The molecular formula is C30H29BrN2O4S. The summed E-state index contributed by atoms with van der Waals surface area (Å²) in [5.41, 5.74) is 2.98. The lowest BCUT2D eigenvalue weighted by Gasteiger charge is -2.29. The summed E-state index contributed by atoms with van der Waals surface area (Å²) in [5, 5.41) is 0.694. The van der Waals surface area contributed by atoms with Crippen molar-refractivity contribution in [3.05, 3.63) is 125 Å². The SMILES string of the molecule is C=CCC(c1cn(S(=O)(=O)c2ccc(C)cc2)c2cccc(Br)c12)N(CC=C)C(=O)OCc1ccccc1. The maximum Gasteiger partial charge on any atom is 0.410 e. The topological polar surface area (TPSA) is 68.6 Å². The second-order valence-corrected chi connectivity index (χ2v) is 11.5. The molecule has 6 nitrogen and oxygen atoms in total. The van der Waals surface area contributed by atoms with E-state index in [2.05, 4.69) is 29.1 Å². The number of carbonyl (C=O) groups excluding carboxylic acids is 1. The summed E-state index contributed by atoms with van der Waals surface area (Å²) in [4.78, 5) is 15.1. The van der Waals surface area contributed by atoms with Gasteiger partial charge in [0.05, 0.1) is 16.5 Å². The van der Waals surface area contributed by atoms with Crippen LogP contribution >= 0.6 is 15.9 Å². The highest BCUT2D eigenvalue weighted by Crippen LogP contribution is 2.38. The van der Waals surface area contributed by atoms with Crippen LogP contribution in [0.2, 0.25) is 0 Å². The van der Waals surface area contributed by atoms with E-state index in [0.717, 1.165) is 11.1 Å². The van der Waals surface area contributed by atoms with Crippen molar-refractivity contribution in [1.82, 2.24) is 8.87 Å². The fourth-order valence-electron chi connectivity index (χ4n) is 4.37. The first-order chi connectivity index (χ1) is 18.3. The molecule has 4 aromatic rings. The minimum atomic E-state index is -3.92. The zero-order valence-electron chi connectivity index (χ0n) is 21.1. The second-order valence-electron chi connectivity index (χ2n) is 8.85. The van der Waals surface area contributed by atoms with Crippen molar-refractivity contribution in [1.29, 1.82) is 0 Å². The van der Waals surface area contributed by atoms with Gasteiger partial charge in [-0.3, -0.25) is 4.90 Å². The molecule has 4 rings (SSSR count). The Bertz CT molecular complexity index is 1560. The Morgan fingerprint density at radius 1 is 1.03 bits per heavy atom. The zero-order chi connectivity index (χ0) is 27.3. The van der Waals surface area contributed by atoms with E-state index in [-0.39, 0.29) is 18.0 Å². The standard InChI is InChI=1S/C30H29BrN2O4S/c1-4-10-27(32(19-5-2)30(34)37-21-23-11-7-6-8-12-23)25-20-33(28-14-9-13-26(31)29(25)28)38(35,36)24-17-15-22(3)16-18-24/h4-9,11-18,20,27H,1-2,10,19,21H2,3H3. The van der Waals surface area contributed by atoms with Crippen LogP contribution in [0.25, 0.3) is 10.9 Å². The smallest absolute Gasteiger partial charge is 0.410 e. The number of hydrogen-bond donors (Lipinski definition) is 0. The number of ether oxygens (including phenoxy) is 1. The van der Waals surface area contributed by atoms with E-state index in [1.807, 2.05) is 43.3 Å². The number of amides is 1. The molecular weight excluding hydrogens is 564 g/mol. The van der Waals surface area contributed by atoms with Crippen LogP contribution in [-0.4, -0.2) is 29.9 Å². The van der Waals surface area contributed by atoms with Crippen LogP contribution in [0.3, 0.4) is 0 Å². The van der Waals surface area contributed by atoms with Gasteiger partial charge < -0.3 is 4.74 Å². The molecule has 196 valence electrons. The van der Waals surface area contributed by atoms with Gasteiger partial charge in [-0.1, -0.05) is 82.2 Å². The first kappa shape index (κ1) is 27.4. The van der Waals surface area contributed by atoms with Gasteiger partial charge in [0.1, 0.15) is 6.61 Å². The number of halogens is 1. The van der Waals surface area contributed by atoms with E-state index in [9.17, 15) is 13.2 Å². The highest BCUT2D eigenvalue weighted by Gasteiger charge is 2.31. The van der Waals surface area contributed by atoms with Crippen molar-refractivity contribution in [3.63, 3.8) is 0 Å². The predicted octanol–water partition coefficient (Wildman–Crippen LogP) is 7.39. The van der Waals surface area contributed by atoms with Crippen LogP contribution in [0.5, 0.6) is 0 Å². The lowest BCUT2D eigenvalue weighted by molar-refractivity contribution is 0.0854. The minimum absolute atomic E-state index is 0.112. The van der Waals surface area contributed by atoms with Crippen molar-refractivity contribution in [3.8, 4) is 0 Å². The minimum Gasteiger partial charge on any atom is -0.445 e. The summed E-state index contributed by atoms with van der Waals surface area (Å²) in [5.74, 6) is 0. The van der Waals surface area contributed by atoms with Gasteiger partial charge >= 0.3 is 6.09 Å². The first-order valence-corrected chi connectivity index (χ1v) is 14.3. The molecule has 0 saturated carbocycles. The van der Waals surface area contributed by atoms with E-state index in [0.29, 0.717) is 27.4 Å². The average molecular weight is 594 g/mol. The highest BCUT2D eigenvalue weighted by atomic mass is 79.9. The molecule has 8 heteroatoms. The number of rotatable bonds is 10. The third kappa shape index (κ3) is 5.61. The Hall–Kier alpha value is -3.62. The van der Waals surface area contributed by atoms with Crippen molar-refractivity contribution in [2.75, 3.05) is 6.54 Å². The number of aryl methyl sites for hydroxylation is 1. The summed E-state index contributed by atoms with van der Waals surface area (Å²) >= 11 is 3.61. The molecule has 0 spiro atoms. The third-order valence-corrected chi connectivity index (χ3v) is 8.59. The van der Waals surface area contributed by atoms with Gasteiger partial charge in [-0.25, -0.2) is 17.2 Å². The molecule has 0 radical (unpaired) electrons. The average Bonchev–Trinajstić information content (AvgIpc) is 3.32. The molecule has 0 fully saturated rings. The Balaban J connectivity index is 1.82. The van der Waals surface area contributed by atoms with Crippen LogP contribution in [0.4, 0.5) is 4.79 Å². The zero-order valence-corrected chi connectivity index (χ0v) is 23.5. The molecule has 1 atom stereocenters. The number of hydrogen-bond acceptors (Lipinski definition) is 4. The molecule has 1 heterocycles. The Morgan fingerprint density at radius 2 is 1.74 bits per heavy atom. The lowest BCUT2D eigenvalue weighted by Crippen LogP contribution is -2.35. The number of carbonyl (C=O) groups is 1. The molecule has 1 amide bonds. The summed E-state index contributed by atoms with van der Waals surface area (Å²) in [6, 6.07) is 21.0. The Kier molecular flexibility index (Phi) is 8.54. The van der Waals surface area contributed by atoms with Gasteiger partial charge in [0.2, 0.25) is 0 Å². The molecule has 0 saturated heterocycles. The van der Waals surface area contributed by atoms with Crippen LogP contribution in [-0.2, 0) is 21.4 Å². The summed E-state index contributed by atoms with van der Waals surface area (Å²) in [7, 11) is -3.92. The Morgan fingerprint density at radius 3 is 2.39 bits per heavy atom. The van der Waals surface area contributed by atoms with E-state index < -0.39 is 22.2 Å². The molecule has 0 aliphatic heterocycles. The second kappa shape index (κ2) is 11.8. The fourth-order valence-corrected chi connectivity index (χ4v) is 6.32. The van der Waals surface area contributed by atoms with Gasteiger partial charge in [0.15, 0.2) is 0 Å². The predicted molar refractivity (Wildman–Crippen MR) is 154 cm³/mol. The van der Waals surface area contributed by atoms with Crippen molar-refractivity contribution in [2.24, 2.45) is 0 Å². The third-order valence-electron chi connectivity index (χ3n) is 6.24. The normalized spacial score (nSPS) is 12.2. The van der Waals surface area contributed by atoms with E-state index in [4.69, 9.17) is 4.74 Å². The largest absolute Gasteiger partial charge is 0.445 e. The quantitative estimate of drug-likeness (QED) is 0.180. The van der Waals surface area contributed by atoms with Gasteiger partial charge in [-0.2, -0.15) is 0 Å². The molecule has 1 unspecified atom stereocenters. The van der Waals surface area contributed by atoms with E-state index in [1.54, 1.807) is 59.6 Å². The number of fused-ring (bicyclic) bond motifs is 1. The molecule has 0 aliphatic rings. The van der Waals surface area contributed by atoms with Crippen molar-refractivity contribution >= 4 is 42.9 Å². The van der Waals surface area contributed by atoms with Crippen LogP contribution in [0.1, 0.15) is 29.2 Å². The van der Waals surface area contributed by atoms with Crippen molar-refractivity contribution < 1.29 is 17.9 Å². The fraction of sp³-hybridized carbons (Fsp3) is 0.167. The molecule has 3 aromatic carbocycles. The molecule has 0 bridgehead atoms. The summed E-state index contributed by atoms with van der Waals surface area (Å²) in [6.07, 6.45) is 4.77. The number of aromatic nitrogens is 1. The van der Waals surface area contributed by atoms with E-state index >= 15 is 0 Å². The summed E-state index contributed by atoms with van der Waals surface area (Å²) in [6.45, 7) is 9.94. The highest BCUT2D eigenvalue weighted by molar-refractivity contribution is 9.10. The first-order valence-electron chi connectivity index (χ1n) is 12.1. The van der Waals surface area contributed by atoms with E-state index in [1.165, 1.54) is 3.97 Å². The van der Waals surface area contributed by atoms with Gasteiger partial charge in [-0.15, -0.1) is 13.2 Å². The molecule has 0 N–H and O–H groups in total. The number of nitrogens with zero attached hydrogens (tertiary/aromatic N) is 2. The maximum atomic E-state index is 13.8. The van der Waals surface area contributed by atoms with Crippen LogP contribution in [0.15, 0.2) is 114 Å². The van der Waals surface area contributed by atoms with Crippen molar-refractivity contribution in [2.45, 2.75) is 30.9 Å². The van der Waals surface area contributed by atoms with Crippen LogP contribution < -0.4 is 0 Å². The number of benzene rings is 3. The van der Waals surface area contributed by atoms with Crippen LogP contribution in [0, 0.1) is 6.92 Å². The summed E-state index contributed by atoms with van der Waals surface area (Å²) < 4.78 is 35.2. The molecule has 38 heavy (non-hydrogen) atoms. The van der Waals surface area contributed by atoms with Gasteiger partial charge in [-0.05, 0) is 43.2 Å².